The van der Waals surface area contributed by atoms with E-state index >= 15 is 0 Å². The van der Waals surface area contributed by atoms with Crippen LogP contribution in [0, 0.1) is 11.8 Å². The number of nitrogens with zero attached hydrogens (tertiary/aromatic N) is 1. The number of hydrogen-bond acceptors (Lipinski definition) is 3. The van der Waals surface area contributed by atoms with Crippen LogP contribution in [0.1, 0.15) is 33.6 Å². The Bertz CT molecular complexity index is 364. The monoisotopic (exact) mass is 282 g/mol. The summed E-state index contributed by atoms with van der Waals surface area (Å²) < 4.78 is 0. The fourth-order valence-corrected chi connectivity index (χ4v) is 2.64. The predicted molar refractivity (Wildman–Crippen MR) is 78.4 cm³/mol. The summed E-state index contributed by atoms with van der Waals surface area (Å²) in [6.07, 6.45) is 4.71. The summed E-state index contributed by atoms with van der Waals surface area (Å²) in [6.45, 7) is 8.82. The normalized spacial score (nSPS) is 23.6. The topological polar surface area (TPSA) is 69.6 Å². The first-order valence-electron chi connectivity index (χ1n) is 7.40. The number of carboxylic acids is 1. The van der Waals surface area contributed by atoms with Crippen LogP contribution in [0.2, 0.25) is 0 Å². The lowest BCUT2D eigenvalue weighted by Crippen LogP contribution is -2.46. The molecule has 1 rings (SSSR count). The highest BCUT2D eigenvalue weighted by Gasteiger charge is 2.34. The number of carbonyl (C=O) groups is 2. The molecular formula is C15H26N2O3. The zero-order valence-corrected chi connectivity index (χ0v) is 12.6. The lowest BCUT2D eigenvalue weighted by Gasteiger charge is -2.28. The SMILES string of the molecule is CCN(CC)CC(C)NC(=O)[C@@H]1CC=CC[C@@H]1C(=O)O. The van der Waals surface area contributed by atoms with Crippen molar-refractivity contribution in [2.24, 2.45) is 11.8 Å². The molecule has 0 radical (unpaired) electrons. The van der Waals surface area contributed by atoms with E-state index in [-0.39, 0.29) is 11.9 Å². The first-order valence-corrected chi connectivity index (χ1v) is 7.40. The Morgan fingerprint density at radius 3 is 2.30 bits per heavy atom. The van der Waals surface area contributed by atoms with Crippen LogP contribution in [0.4, 0.5) is 0 Å². The largest absolute Gasteiger partial charge is 0.481 e. The first-order chi connectivity index (χ1) is 9.49. The maximum Gasteiger partial charge on any atom is 0.307 e. The highest BCUT2D eigenvalue weighted by Crippen LogP contribution is 2.26. The summed E-state index contributed by atoms with van der Waals surface area (Å²) in [6, 6.07) is 0.0303. The summed E-state index contributed by atoms with van der Waals surface area (Å²) >= 11 is 0. The quantitative estimate of drug-likeness (QED) is 0.694. The number of allylic oxidation sites excluding steroid dienone is 2. The van der Waals surface area contributed by atoms with Crippen LogP contribution >= 0.6 is 0 Å². The first kappa shape index (κ1) is 16.7. The molecule has 5 nitrogen and oxygen atoms in total. The molecule has 1 amide bonds. The predicted octanol–water partition coefficient (Wildman–Crippen LogP) is 1.50. The van der Waals surface area contributed by atoms with Crippen LogP contribution in [-0.2, 0) is 9.59 Å². The smallest absolute Gasteiger partial charge is 0.307 e. The average molecular weight is 282 g/mol. The van der Waals surface area contributed by atoms with Gasteiger partial charge in [-0.3, -0.25) is 9.59 Å². The van der Waals surface area contributed by atoms with Gasteiger partial charge >= 0.3 is 5.97 Å². The fourth-order valence-electron chi connectivity index (χ4n) is 2.64. The van der Waals surface area contributed by atoms with Gasteiger partial charge in [-0.25, -0.2) is 0 Å². The minimum atomic E-state index is -0.883. The molecule has 0 aliphatic heterocycles. The van der Waals surface area contributed by atoms with Crippen LogP contribution in [-0.4, -0.2) is 47.6 Å². The maximum absolute atomic E-state index is 12.3. The molecule has 1 unspecified atom stereocenters. The summed E-state index contributed by atoms with van der Waals surface area (Å²) in [5.74, 6) is -2.07. The van der Waals surface area contributed by atoms with E-state index in [1.807, 2.05) is 19.1 Å². The molecular weight excluding hydrogens is 256 g/mol. The Hall–Kier alpha value is -1.36. The second kappa shape index (κ2) is 8.04. The molecule has 0 saturated heterocycles. The van der Waals surface area contributed by atoms with Crippen molar-refractivity contribution in [1.29, 1.82) is 0 Å². The van der Waals surface area contributed by atoms with Crippen molar-refractivity contribution < 1.29 is 14.7 Å². The van der Waals surface area contributed by atoms with Gasteiger partial charge in [0.05, 0.1) is 11.8 Å². The van der Waals surface area contributed by atoms with Gasteiger partial charge in [0.2, 0.25) is 5.91 Å². The van der Waals surface area contributed by atoms with Crippen molar-refractivity contribution in [3.8, 4) is 0 Å². The third-order valence-electron chi connectivity index (χ3n) is 3.90. The van der Waals surface area contributed by atoms with E-state index in [0.717, 1.165) is 19.6 Å². The van der Waals surface area contributed by atoms with Crippen molar-refractivity contribution in [3.05, 3.63) is 12.2 Å². The van der Waals surface area contributed by atoms with Gasteiger partial charge in [-0.15, -0.1) is 0 Å². The second-order valence-electron chi connectivity index (χ2n) is 5.39. The third-order valence-corrected chi connectivity index (χ3v) is 3.90. The fraction of sp³-hybridized carbons (Fsp3) is 0.733. The molecule has 0 aromatic carbocycles. The Morgan fingerprint density at radius 1 is 1.25 bits per heavy atom. The number of carbonyl (C=O) groups excluding carboxylic acids is 1. The minimum Gasteiger partial charge on any atom is -0.481 e. The zero-order valence-electron chi connectivity index (χ0n) is 12.6. The van der Waals surface area contributed by atoms with E-state index in [2.05, 4.69) is 24.1 Å². The lowest BCUT2D eigenvalue weighted by atomic mass is 9.82. The molecule has 0 spiro atoms. The highest BCUT2D eigenvalue weighted by atomic mass is 16.4. The van der Waals surface area contributed by atoms with Crippen LogP contribution in [0.3, 0.4) is 0 Å². The number of hydrogen-bond donors (Lipinski definition) is 2. The van der Waals surface area contributed by atoms with Crippen LogP contribution in [0.25, 0.3) is 0 Å². The Labute approximate surface area is 121 Å². The molecule has 1 aliphatic carbocycles. The molecule has 0 saturated carbocycles. The lowest BCUT2D eigenvalue weighted by molar-refractivity contribution is -0.147. The molecule has 0 heterocycles. The Kier molecular flexibility index (Phi) is 6.71. The van der Waals surface area contributed by atoms with Crippen molar-refractivity contribution in [3.63, 3.8) is 0 Å². The van der Waals surface area contributed by atoms with E-state index in [0.29, 0.717) is 12.8 Å². The maximum atomic E-state index is 12.3. The second-order valence-corrected chi connectivity index (χ2v) is 5.39. The van der Waals surface area contributed by atoms with Crippen molar-refractivity contribution in [2.75, 3.05) is 19.6 Å². The molecule has 1 aliphatic rings. The molecule has 20 heavy (non-hydrogen) atoms. The van der Waals surface area contributed by atoms with Crippen molar-refractivity contribution in [2.45, 2.75) is 39.7 Å². The summed E-state index contributed by atoms with van der Waals surface area (Å²) in [4.78, 5) is 25.7. The van der Waals surface area contributed by atoms with E-state index < -0.39 is 17.8 Å². The van der Waals surface area contributed by atoms with Gasteiger partial charge in [0, 0.05) is 12.6 Å². The summed E-state index contributed by atoms with van der Waals surface area (Å²) in [5, 5.41) is 12.1. The van der Waals surface area contributed by atoms with Crippen LogP contribution < -0.4 is 5.32 Å². The molecule has 0 aromatic rings. The zero-order chi connectivity index (χ0) is 15.1. The molecule has 5 heteroatoms. The molecule has 0 bridgehead atoms. The number of likely N-dealkylation sites (N-methyl/N-ethyl adjacent to an activating group) is 1. The highest BCUT2D eigenvalue weighted by molar-refractivity contribution is 5.85. The molecule has 114 valence electrons. The van der Waals surface area contributed by atoms with E-state index in [1.54, 1.807) is 0 Å². The Balaban J connectivity index is 2.56. The van der Waals surface area contributed by atoms with Gasteiger partial charge in [0.25, 0.3) is 0 Å². The van der Waals surface area contributed by atoms with Gasteiger partial charge in [-0.05, 0) is 32.9 Å². The van der Waals surface area contributed by atoms with Gasteiger partial charge in [0.1, 0.15) is 0 Å². The van der Waals surface area contributed by atoms with Gasteiger partial charge in [-0.2, -0.15) is 0 Å². The van der Waals surface area contributed by atoms with E-state index in [4.69, 9.17) is 0 Å². The average Bonchev–Trinajstić information content (AvgIpc) is 2.44. The van der Waals surface area contributed by atoms with Crippen LogP contribution in [0.15, 0.2) is 12.2 Å². The van der Waals surface area contributed by atoms with Gasteiger partial charge in [-0.1, -0.05) is 26.0 Å². The standard InChI is InChI=1S/C15H26N2O3/c1-4-17(5-2)10-11(3)16-14(18)12-8-6-7-9-13(12)15(19)20/h6-7,11-13H,4-5,8-10H2,1-3H3,(H,16,18)(H,19,20)/t11?,12-,13+/m1/s1. The third kappa shape index (κ3) is 4.63. The number of carboxylic acid groups (broad SMARTS) is 1. The van der Waals surface area contributed by atoms with E-state index in [9.17, 15) is 14.7 Å². The number of amides is 1. The van der Waals surface area contributed by atoms with Crippen molar-refractivity contribution in [1.82, 2.24) is 10.2 Å². The molecule has 0 aromatic heterocycles. The minimum absolute atomic E-state index is 0.0303. The molecule has 0 fully saturated rings. The van der Waals surface area contributed by atoms with E-state index in [1.165, 1.54) is 0 Å². The van der Waals surface area contributed by atoms with Gasteiger partial charge in [0.15, 0.2) is 0 Å². The number of rotatable bonds is 7. The number of aliphatic carboxylic acids is 1. The molecule has 3 atom stereocenters. The van der Waals surface area contributed by atoms with Gasteiger partial charge < -0.3 is 15.3 Å². The summed E-state index contributed by atoms with van der Waals surface area (Å²) in [7, 11) is 0. The van der Waals surface area contributed by atoms with Crippen molar-refractivity contribution >= 4 is 11.9 Å². The van der Waals surface area contributed by atoms with Crippen LogP contribution in [0.5, 0.6) is 0 Å². The Morgan fingerprint density at radius 2 is 1.80 bits per heavy atom. The number of nitrogens with one attached hydrogen (secondary N) is 1. The molecule has 2 N–H and O–H groups in total. The summed E-state index contributed by atoms with van der Waals surface area (Å²) in [5.41, 5.74) is 0.